The number of aromatic nitrogens is 3. The van der Waals surface area contributed by atoms with Crippen molar-refractivity contribution >= 4 is 22.6 Å². The fourth-order valence-corrected chi connectivity index (χ4v) is 3.25. The third-order valence-corrected chi connectivity index (χ3v) is 4.66. The Balaban J connectivity index is 1.92. The number of nitrogens with zero attached hydrogens (tertiary/aromatic N) is 3. The first-order valence-electron chi connectivity index (χ1n) is 9.37. The molecule has 0 atom stereocenters. The minimum Gasteiger partial charge on any atom is -0.351 e. The molecule has 142 valence electrons. The van der Waals surface area contributed by atoms with Crippen LogP contribution in [0.3, 0.4) is 0 Å². The first kappa shape index (κ1) is 18.0. The number of hydrogen-bond acceptors (Lipinski definition) is 3. The quantitative estimate of drug-likeness (QED) is 0.584. The average molecular weight is 374 g/mol. The molecule has 1 aromatic carbocycles. The van der Waals surface area contributed by atoms with Crippen molar-refractivity contribution < 1.29 is 4.79 Å². The van der Waals surface area contributed by atoms with Crippen LogP contribution in [0.4, 0.5) is 0 Å². The molecule has 0 saturated heterocycles. The number of amides is 1. The van der Waals surface area contributed by atoms with Crippen LogP contribution in [-0.2, 0) is 6.54 Å². The van der Waals surface area contributed by atoms with Crippen LogP contribution in [0.2, 0.25) is 0 Å². The highest BCUT2D eigenvalue weighted by Crippen LogP contribution is 2.18. The van der Waals surface area contributed by atoms with Gasteiger partial charge in [0.25, 0.3) is 11.5 Å². The number of nitrogens with one attached hydrogen (secondary N) is 1. The molecule has 0 spiro atoms. The van der Waals surface area contributed by atoms with Crippen molar-refractivity contribution in [3.05, 3.63) is 82.4 Å². The predicted molar refractivity (Wildman–Crippen MR) is 110 cm³/mol. The molecule has 0 radical (unpaired) electrons. The molecule has 0 aliphatic carbocycles. The van der Waals surface area contributed by atoms with Crippen molar-refractivity contribution in [3.8, 4) is 0 Å². The number of rotatable bonds is 5. The van der Waals surface area contributed by atoms with E-state index >= 15 is 0 Å². The van der Waals surface area contributed by atoms with Crippen LogP contribution in [0.25, 0.3) is 16.7 Å². The van der Waals surface area contributed by atoms with Gasteiger partial charge in [-0.25, -0.2) is 4.98 Å². The van der Waals surface area contributed by atoms with Gasteiger partial charge in [-0.15, -0.1) is 0 Å². The molecule has 0 bridgehead atoms. The van der Waals surface area contributed by atoms with Crippen LogP contribution >= 0.6 is 0 Å². The van der Waals surface area contributed by atoms with Crippen LogP contribution in [0.1, 0.15) is 29.9 Å². The van der Waals surface area contributed by atoms with E-state index in [1.54, 1.807) is 24.4 Å². The highest BCUT2D eigenvalue weighted by molar-refractivity contribution is 5.98. The molecule has 3 heterocycles. The SMILES string of the molecule is CC(C)CNC(=O)c1cc2c(=O)n3ccccc3nc2n1Cc1ccccc1. The highest BCUT2D eigenvalue weighted by Gasteiger charge is 2.20. The van der Waals surface area contributed by atoms with Gasteiger partial charge in [0, 0.05) is 19.3 Å². The van der Waals surface area contributed by atoms with Gasteiger partial charge in [0.1, 0.15) is 17.0 Å². The second-order valence-corrected chi connectivity index (χ2v) is 7.29. The zero-order chi connectivity index (χ0) is 19.7. The van der Waals surface area contributed by atoms with E-state index in [-0.39, 0.29) is 11.5 Å². The van der Waals surface area contributed by atoms with Gasteiger partial charge in [-0.1, -0.05) is 50.2 Å². The number of pyridine rings is 1. The third-order valence-electron chi connectivity index (χ3n) is 4.66. The molecule has 4 rings (SSSR count). The minimum absolute atomic E-state index is 0.176. The van der Waals surface area contributed by atoms with Gasteiger partial charge in [0.2, 0.25) is 0 Å². The first-order chi connectivity index (χ1) is 13.5. The highest BCUT2D eigenvalue weighted by atomic mass is 16.2. The fraction of sp³-hybridized carbons (Fsp3) is 0.227. The molecular weight excluding hydrogens is 352 g/mol. The maximum absolute atomic E-state index is 13.0. The smallest absolute Gasteiger partial charge is 0.268 e. The second-order valence-electron chi connectivity index (χ2n) is 7.29. The van der Waals surface area contributed by atoms with E-state index in [9.17, 15) is 9.59 Å². The van der Waals surface area contributed by atoms with E-state index in [1.807, 2.05) is 54.8 Å². The average Bonchev–Trinajstić information content (AvgIpc) is 3.06. The Morgan fingerprint density at radius 2 is 1.86 bits per heavy atom. The predicted octanol–water partition coefficient (Wildman–Crippen LogP) is 3.08. The molecule has 1 N–H and O–H groups in total. The number of carbonyl (C=O) groups is 1. The van der Waals surface area contributed by atoms with E-state index in [1.165, 1.54) is 4.40 Å². The summed E-state index contributed by atoms with van der Waals surface area (Å²) in [6, 6.07) is 16.9. The van der Waals surface area contributed by atoms with Crippen molar-refractivity contribution in [1.82, 2.24) is 19.3 Å². The van der Waals surface area contributed by atoms with Gasteiger partial charge in [-0.05, 0) is 29.7 Å². The molecule has 0 fully saturated rings. The summed E-state index contributed by atoms with van der Waals surface area (Å²) >= 11 is 0. The van der Waals surface area contributed by atoms with Gasteiger partial charge >= 0.3 is 0 Å². The van der Waals surface area contributed by atoms with Gasteiger partial charge < -0.3 is 9.88 Å². The molecule has 0 unspecified atom stereocenters. The normalized spacial score (nSPS) is 11.4. The maximum atomic E-state index is 13.0. The van der Waals surface area contributed by atoms with Crippen LogP contribution in [0.15, 0.2) is 65.6 Å². The molecule has 0 aliphatic heterocycles. The lowest BCUT2D eigenvalue weighted by atomic mass is 10.2. The zero-order valence-corrected chi connectivity index (χ0v) is 15.9. The largest absolute Gasteiger partial charge is 0.351 e. The van der Waals surface area contributed by atoms with Crippen molar-refractivity contribution in [2.75, 3.05) is 6.54 Å². The Hall–Kier alpha value is -3.41. The van der Waals surface area contributed by atoms with Crippen LogP contribution in [0.5, 0.6) is 0 Å². The molecule has 1 amide bonds. The summed E-state index contributed by atoms with van der Waals surface area (Å²) in [6.45, 7) is 5.12. The van der Waals surface area contributed by atoms with E-state index in [4.69, 9.17) is 0 Å². The van der Waals surface area contributed by atoms with Crippen molar-refractivity contribution in [3.63, 3.8) is 0 Å². The second kappa shape index (κ2) is 7.31. The maximum Gasteiger partial charge on any atom is 0.268 e. The lowest BCUT2D eigenvalue weighted by Crippen LogP contribution is -2.29. The van der Waals surface area contributed by atoms with Gasteiger partial charge in [0.05, 0.1) is 5.39 Å². The molecular formula is C22H22N4O2. The lowest BCUT2D eigenvalue weighted by Gasteiger charge is -2.12. The Bertz CT molecular complexity index is 1210. The molecule has 0 saturated carbocycles. The number of benzene rings is 1. The summed E-state index contributed by atoms with van der Waals surface area (Å²) in [5.41, 5.74) is 2.38. The topological polar surface area (TPSA) is 68.4 Å². The summed E-state index contributed by atoms with van der Waals surface area (Å²) in [6.07, 6.45) is 1.69. The molecule has 4 aromatic rings. The Morgan fingerprint density at radius 3 is 2.61 bits per heavy atom. The summed E-state index contributed by atoms with van der Waals surface area (Å²) in [5.74, 6) is 0.137. The first-order valence-corrected chi connectivity index (χ1v) is 9.37. The molecule has 28 heavy (non-hydrogen) atoms. The Morgan fingerprint density at radius 1 is 1.11 bits per heavy atom. The van der Waals surface area contributed by atoms with Crippen LogP contribution in [0, 0.1) is 5.92 Å². The van der Waals surface area contributed by atoms with Crippen molar-refractivity contribution in [1.29, 1.82) is 0 Å². The number of hydrogen-bond donors (Lipinski definition) is 1. The molecule has 6 heteroatoms. The Labute approximate surface area is 162 Å². The van der Waals surface area contributed by atoms with E-state index < -0.39 is 0 Å². The molecule has 3 aromatic heterocycles. The summed E-state index contributed by atoms with van der Waals surface area (Å²) < 4.78 is 3.33. The minimum atomic E-state index is -0.198. The van der Waals surface area contributed by atoms with Crippen LogP contribution in [-0.4, -0.2) is 26.4 Å². The van der Waals surface area contributed by atoms with Gasteiger partial charge in [0.15, 0.2) is 0 Å². The van der Waals surface area contributed by atoms with Crippen molar-refractivity contribution in [2.45, 2.75) is 20.4 Å². The van der Waals surface area contributed by atoms with E-state index in [2.05, 4.69) is 10.3 Å². The summed E-state index contributed by atoms with van der Waals surface area (Å²) in [7, 11) is 0. The molecule has 0 aliphatic rings. The number of carbonyl (C=O) groups excluding carboxylic acids is 1. The molecule has 6 nitrogen and oxygen atoms in total. The van der Waals surface area contributed by atoms with Gasteiger partial charge in [-0.3, -0.25) is 14.0 Å². The van der Waals surface area contributed by atoms with Crippen molar-refractivity contribution in [2.24, 2.45) is 5.92 Å². The fourth-order valence-electron chi connectivity index (χ4n) is 3.25. The monoisotopic (exact) mass is 374 g/mol. The lowest BCUT2D eigenvalue weighted by molar-refractivity contribution is 0.0940. The summed E-state index contributed by atoms with van der Waals surface area (Å²) in [5, 5.41) is 3.39. The van der Waals surface area contributed by atoms with E-state index in [0.29, 0.717) is 41.4 Å². The Kier molecular flexibility index (Phi) is 4.69. The van der Waals surface area contributed by atoms with Gasteiger partial charge in [-0.2, -0.15) is 0 Å². The standard InChI is InChI=1S/C22H22N4O2/c1-15(2)13-23-21(27)18-12-17-20(26(18)14-16-8-4-3-5-9-16)24-19-10-6-7-11-25(19)22(17)28/h3-12,15H,13-14H2,1-2H3,(H,23,27). The third kappa shape index (κ3) is 3.29. The summed E-state index contributed by atoms with van der Waals surface area (Å²) in [4.78, 5) is 30.5. The van der Waals surface area contributed by atoms with Crippen LogP contribution < -0.4 is 10.9 Å². The number of fused-ring (bicyclic) bond motifs is 2. The van der Waals surface area contributed by atoms with E-state index in [0.717, 1.165) is 5.56 Å². The zero-order valence-electron chi connectivity index (χ0n) is 15.9.